The van der Waals surface area contributed by atoms with Crippen LogP contribution in [0.25, 0.3) is 10.8 Å². The van der Waals surface area contributed by atoms with Crippen molar-refractivity contribution in [3.8, 4) is 5.75 Å². The van der Waals surface area contributed by atoms with Crippen LogP contribution in [-0.2, 0) is 17.8 Å². The Labute approximate surface area is 229 Å². The molecule has 0 radical (unpaired) electrons. The summed E-state index contributed by atoms with van der Waals surface area (Å²) >= 11 is 0. The lowest BCUT2D eigenvalue weighted by Crippen LogP contribution is -2.56. The second-order valence-corrected chi connectivity index (χ2v) is 10.4. The van der Waals surface area contributed by atoms with Gasteiger partial charge in [0.25, 0.3) is 0 Å². The molecule has 6 nitrogen and oxygen atoms in total. The molecule has 0 aliphatic heterocycles. The van der Waals surface area contributed by atoms with Gasteiger partial charge in [0.05, 0.1) is 18.8 Å². The summed E-state index contributed by atoms with van der Waals surface area (Å²) in [6.07, 6.45) is -2.60. The summed E-state index contributed by atoms with van der Waals surface area (Å²) in [4.78, 5) is 0. The first-order valence-electron chi connectivity index (χ1n) is 13.6. The van der Waals surface area contributed by atoms with Crippen molar-refractivity contribution in [2.75, 3.05) is 6.61 Å². The van der Waals surface area contributed by atoms with Gasteiger partial charge < -0.3 is 29.9 Å². The summed E-state index contributed by atoms with van der Waals surface area (Å²) in [5.74, 6) is 0.000606. The Kier molecular flexibility index (Phi) is 8.91. The van der Waals surface area contributed by atoms with E-state index in [2.05, 4.69) is 48.5 Å². The Bertz CT molecular complexity index is 1280. The molecule has 1 unspecified atom stereocenters. The summed E-state index contributed by atoms with van der Waals surface area (Å²) in [6.45, 7) is 0.243. The van der Waals surface area contributed by atoms with Gasteiger partial charge in [-0.2, -0.15) is 0 Å². The molecule has 1 aliphatic rings. The van der Waals surface area contributed by atoms with Gasteiger partial charge in [-0.1, -0.05) is 78.9 Å². The largest absolute Gasteiger partial charge is 0.488 e. The average molecular weight is 529 g/mol. The second kappa shape index (κ2) is 12.7. The third-order valence-corrected chi connectivity index (χ3v) is 7.66. The Morgan fingerprint density at radius 3 is 2.10 bits per heavy atom. The van der Waals surface area contributed by atoms with Crippen LogP contribution in [0.4, 0.5) is 0 Å². The van der Waals surface area contributed by atoms with E-state index in [1.54, 1.807) is 0 Å². The molecule has 0 spiro atoms. The highest BCUT2D eigenvalue weighted by Crippen LogP contribution is 2.32. The maximum absolute atomic E-state index is 10.4. The normalized spacial score (nSPS) is 23.9. The van der Waals surface area contributed by atoms with Gasteiger partial charge in [0, 0.05) is 12.5 Å². The Morgan fingerprint density at radius 1 is 0.718 bits per heavy atom. The summed E-state index contributed by atoms with van der Waals surface area (Å²) in [6, 6.07) is 32.6. The van der Waals surface area contributed by atoms with Crippen molar-refractivity contribution in [2.45, 2.75) is 56.4 Å². The smallest absolute Gasteiger partial charge is 0.128 e. The quantitative estimate of drug-likeness (QED) is 0.241. The van der Waals surface area contributed by atoms with E-state index in [0.29, 0.717) is 12.4 Å². The molecular formula is C33H36O6. The van der Waals surface area contributed by atoms with Gasteiger partial charge in [-0.25, -0.2) is 0 Å². The Balaban J connectivity index is 1.33. The molecular weight excluding hydrogens is 492 g/mol. The number of aliphatic hydroxyl groups excluding tert-OH is 4. The molecule has 0 heterocycles. The van der Waals surface area contributed by atoms with Gasteiger partial charge in [0.15, 0.2) is 0 Å². The van der Waals surface area contributed by atoms with Gasteiger partial charge >= 0.3 is 0 Å². The predicted octanol–water partition coefficient (Wildman–Crippen LogP) is 4.57. The molecule has 1 fully saturated rings. The Morgan fingerprint density at radius 2 is 1.38 bits per heavy atom. The minimum Gasteiger partial charge on any atom is -0.488 e. The van der Waals surface area contributed by atoms with Gasteiger partial charge in [-0.05, 0) is 64.9 Å². The molecule has 0 saturated heterocycles. The molecule has 39 heavy (non-hydrogen) atoms. The second-order valence-electron chi connectivity index (χ2n) is 10.4. The molecule has 204 valence electrons. The van der Waals surface area contributed by atoms with Gasteiger partial charge in [-0.3, -0.25) is 0 Å². The van der Waals surface area contributed by atoms with E-state index in [0.717, 1.165) is 34.7 Å². The van der Waals surface area contributed by atoms with Crippen LogP contribution in [0.3, 0.4) is 0 Å². The fourth-order valence-electron chi connectivity index (χ4n) is 5.33. The highest BCUT2D eigenvalue weighted by atomic mass is 16.5. The molecule has 1 saturated carbocycles. The Hall–Kier alpha value is -3.26. The summed E-state index contributed by atoms with van der Waals surface area (Å²) < 4.78 is 12.5. The molecule has 5 rings (SSSR count). The van der Waals surface area contributed by atoms with Crippen LogP contribution >= 0.6 is 0 Å². The third kappa shape index (κ3) is 6.67. The molecule has 1 aliphatic carbocycles. The maximum atomic E-state index is 10.4. The van der Waals surface area contributed by atoms with E-state index < -0.39 is 30.3 Å². The molecule has 4 N–H and O–H groups in total. The van der Waals surface area contributed by atoms with Crippen LogP contribution in [0.1, 0.15) is 35.6 Å². The molecule has 6 heteroatoms. The van der Waals surface area contributed by atoms with Crippen LogP contribution in [0.15, 0.2) is 97.1 Å². The van der Waals surface area contributed by atoms with E-state index >= 15 is 0 Å². The lowest BCUT2D eigenvalue weighted by molar-refractivity contribution is -0.156. The van der Waals surface area contributed by atoms with Crippen LogP contribution in [0.5, 0.6) is 5.75 Å². The van der Waals surface area contributed by atoms with Crippen molar-refractivity contribution in [1.29, 1.82) is 0 Å². The summed E-state index contributed by atoms with van der Waals surface area (Å²) in [5.41, 5.74) is 3.52. The first kappa shape index (κ1) is 27.3. The van der Waals surface area contributed by atoms with Gasteiger partial charge in [-0.15, -0.1) is 0 Å². The highest BCUT2D eigenvalue weighted by Gasteiger charge is 2.43. The number of benzene rings is 4. The minimum absolute atomic E-state index is 0.0774. The number of hydrogen-bond acceptors (Lipinski definition) is 6. The fourth-order valence-corrected chi connectivity index (χ4v) is 5.33. The first-order valence-corrected chi connectivity index (χ1v) is 13.6. The lowest BCUT2D eigenvalue weighted by Gasteiger charge is -2.39. The van der Waals surface area contributed by atoms with E-state index in [9.17, 15) is 20.4 Å². The molecule has 4 aromatic carbocycles. The van der Waals surface area contributed by atoms with Crippen LogP contribution in [-0.4, -0.2) is 51.4 Å². The average Bonchev–Trinajstić information content (AvgIpc) is 2.98. The fraction of sp³-hybridized carbons (Fsp3) is 0.333. The molecule has 0 bridgehead atoms. The standard InChI is InChI=1S/C33H36O6/c34-20-27-19-30(32(36)33(37)31(27)35)39-28-15-14-24-17-26(13-12-25(24)18-28)29(16-11-22-7-3-1-4-8-22)38-21-23-9-5-2-6-10-23/h1-10,12-15,17-18,27,29-37H,11,16,19-21H2/t27-,29+,30?,31+,32+,33+/m0/s1. The number of ether oxygens (including phenoxy) is 2. The summed E-state index contributed by atoms with van der Waals surface area (Å²) in [7, 11) is 0. The molecule has 0 amide bonds. The zero-order valence-electron chi connectivity index (χ0n) is 21.8. The number of fused-ring (bicyclic) bond motifs is 1. The van der Waals surface area contributed by atoms with Crippen LogP contribution in [0.2, 0.25) is 0 Å². The maximum Gasteiger partial charge on any atom is 0.128 e. The van der Waals surface area contributed by atoms with Crippen molar-refractivity contribution < 1.29 is 29.9 Å². The van der Waals surface area contributed by atoms with Crippen molar-refractivity contribution in [3.63, 3.8) is 0 Å². The summed E-state index contributed by atoms with van der Waals surface area (Å²) in [5, 5.41) is 42.3. The molecule has 6 atom stereocenters. The monoisotopic (exact) mass is 528 g/mol. The van der Waals surface area contributed by atoms with Crippen LogP contribution < -0.4 is 4.74 Å². The van der Waals surface area contributed by atoms with Crippen molar-refractivity contribution in [3.05, 3.63) is 114 Å². The minimum atomic E-state index is -1.37. The zero-order valence-corrected chi connectivity index (χ0v) is 21.8. The SMILES string of the molecule is OC[C@@H]1CC(Oc2ccc3cc([C@@H](CCc4ccccc4)OCc4ccccc4)ccc3c2)[C@@H](O)[C@H](O)[C@@H]1O. The topological polar surface area (TPSA) is 99.4 Å². The number of aliphatic hydroxyl groups is 4. The number of rotatable bonds is 10. The van der Waals surface area contributed by atoms with E-state index in [-0.39, 0.29) is 19.1 Å². The van der Waals surface area contributed by atoms with E-state index in [1.807, 2.05) is 48.5 Å². The first-order chi connectivity index (χ1) is 19.0. The van der Waals surface area contributed by atoms with Crippen LogP contribution in [0, 0.1) is 5.92 Å². The van der Waals surface area contributed by atoms with Gasteiger partial charge in [0.1, 0.15) is 24.1 Å². The third-order valence-electron chi connectivity index (χ3n) is 7.66. The van der Waals surface area contributed by atoms with E-state index in [1.165, 1.54) is 5.56 Å². The predicted molar refractivity (Wildman–Crippen MR) is 150 cm³/mol. The highest BCUT2D eigenvalue weighted by molar-refractivity contribution is 5.84. The van der Waals surface area contributed by atoms with Crippen molar-refractivity contribution in [1.82, 2.24) is 0 Å². The van der Waals surface area contributed by atoms with Crippen molar-refractivity contribution in [2.24, 2.45) is 5.92 Å². The molecule has 0 aromatic heterocycles. The van der Waals surface area contributed by atoms with Crippen molar-refractivity contribution >= 4 is 10.8 Å². The number of aryl methyl sites for hydroxylation is 1. The van der Waals surface area contributed by atoms with E-state index in [4.69, 9.17) is 9.47 Å². The zero-order chi connectivity index (χ0) is 27.2. The number of hydrogen-bond donors (Lipinski definition) is 4. The lowest BCUT2D eigenvalue weighted by atomic mass is 9.81. The van der Waals surface area contributed by atoms with Gasteiger partial charge in [0.2, 0.25) is 0 Å². The molecule has 4 aromatic rings.